The maximum Gasteiger partial charge on any atom is 0.234 e. The Labute approximate surface area is 141 Å². The van der Waals surface area contributed by atoms with Crippen LogP contribution >= 0.6 is 0 Å². The molecule has 0 bridgehead atoms. The van der Waals surface area contributed by atoms with Gasteiger partial charge in [-0.2, -0.15) is 0 Å². The molecule has 1 saturated heterocycles. The van der Waals surface area contributed by atoms with Crippen molar-refractivity contribution in [1.82, 2.24) is 10.2 Å². The van der Waals surface area contributed by atoms with Gasteiger partial charge in [0.1, 0.15) is 0 Å². The highest BCUT2D eigenvalue weighted by molar-refractivity contribution is 6.48. The molecule has 1 heterocycles. The van der Waals surface area contributed by atoms with Crippen molar-refractivity contribution in [3.05, 3.63) is 35.9 Å². The fourth-order valence-corrected chi connectivity index (χ4v) is 4.36. The van der Waals surface area contributed by atoms with Crippen molar-refractivity contribution in [3.63, 3.8) is 0 Å². The van der Waals surface area contributed by atoms with Crippen LogP contribution in [0.15, 0.2) is 30.3 Å². The Balaban J connectivity index is 2.10. The fraction of sp³-hybridized carbons (Fsp3) is 0.611. The molecule has 5 heteroatoms. The van der Waals surface area contributed by atoms with Crippen LogP contribution in [0.3, 0.4) is 0 Å². The molecule has 1 amide bonds. The maximum atomic E-state index is 12.2. The molecule has 1 aliphatic rings. The molecule has 0 saturated carbocycles. The van der Waals surface area contributed by atoms with Crippen LogP contribution in [0.25, 0.3) is 0 Å². The van der Waals surface area contributed by atoms with Gasteiger partial charge in [-0.05, 0) is 24.1 Å². The maximum absolute atomic E-state index is 12.2. The minimum Gasteiger partial charge on any atom is -0.415 e. The van der Waals surface area contributed by atoms with E-state index in [2.05, 4.69) is 56.2 Å². The summed E-state index contributed by atoms with van der Waals surface area (Å²) in [6.07, 6.45) is 0.0525. The third-order valence-electron chi connectivity index (χ3n) is 4.06. The summed E-state index contributed by atoms with van der Waals surface area (Å²) in [4.78, 5) is 14.4. The Morgan fingerprint density at radius 2 is 1.96 bits per heavy atom. The van der Waals surface area contributed by atoms with Gasteiger partial charge < -0.3 is 9.74 Å². The lowest BCUT2D eigenvalue weighted by atomic mass is 9.84. The molecular formula is C18H30N2O2Si. The van der Waals surface area contributed by atoms with E-state index in [-0.39, 0.29) is 23.5 Å². The summed E-state index contributed by atoms with van der Waals surface area (Å²) in [5, 5.41) is 3.16. The second-order valence-corrected chi connectivity index (χ2v) is 10.2. The summed E-state index contributed by atoms with van der Waals surface area (Å²) in [6.45, 7) is 13.0. The molecule has 1 fully saturated rings. The molecular weight excluding hydrogens is 304 g/mol. The van der Waals surface area contributed by atoms with Gasteiger partial charge in [-0.3, -0.25) is 9.69 Å². The number of carbonyl (C=O) groups excluding carboxylic acids is 1. The zero-order chi connectivity index (χ0) is 17.0. The lowest BCUT2D eigenvalue weighted by molar-refractivity contribution is -0.128. The third kappa shape index (κ3) is 5.44. The molecule has 128 valence electrons. The first-order valence-electron chi connectivity index (χ1n) is 8.47. The number of amides is 1. The van der Waals surface area contributed by atoms with Crippen LogP contribution in [-0.4, -0.2) is 45.1 Å². The summed E-state index contributed by atoms with van der Waals surface area (Å²) in [5.74, 6) is 0.0976. The zero-order valence-corrected chi connectivity index (χ0v) is 16.2. The van der Waals surface area contributed by atoms with Crippen LogP contribution in [0.5, 0.6) is 0 Å². The van der Waals surface area contributed by atoms with Crippen LogP contribution in [0, 0.1) is 5.41 Å². The topological polar surface area (TPSA) is 41.6 Å². The van der Waals surface area contributed by atoms with Crippen LogP contribution in [0.1, 0.15) is 26.3 Å². The second kappa shape index (κ2) is 7.60. The molecule has 0 spiro atoms. The van der Waals surface area contributed by atoms with Crippen molar-refractivity contribution in [1.29, 1.82) is 0 Å². The first kappa shape index (κ1) is 18.2. The minimum absolute atomic E-state index is 0.00493. The van der Waals surface area contributed by atoms with Gasteiger partial charge in [-0.25, -0.2) is 0 Å². The fourth-order valence-electron chi connectivity index (χ4n) is 3.17. The molecule has 4 nitrogen and oxygen atoms in total. The van der Waals surface area contributed by atoms with E-state index in [0.717, 1.165) is 13.1 Å². The Morgan fingerprint density at radius 3 is 2.52 bits per heavy atom. The highest BCUT2D eigenvalue weighted by atomic mass is 28.3. The highest BCUT2D eigenvalue weighted by Gasteiger charge is 2.38. The van der Waals surface area contributed by atoms with Crippen molar-refractivity contribution in [2.45, 2.75) is 52.6 Å². The second-order valence-electron chi connectivity index (χ2n) is 7.80. The summed E-state index contributed by atoms with van der Waals surface area (Å²) < 4.78 is 6.30. The molecule has 1 unspecified atom stereocenters. The predicted molar refractivity (Wildman–Crippen MR) is 96.9 cm³/mol. The summed E-state index contributed by atoms with van der Waals surface area (Å²) in [6, 6.07) is 10.4. The molecule has 2 atom stereocenters. The van der Waals surface area contributed by atoms with Gasteiger partial charge in [0.2, 0.25) is 5.91 Å². The van der Waals surface area contributed by atoms with E-state index in [1.807, 2.05) is 18.2 Å². The largest absolute Gasteiger partial charge is 0.415 e. The van der Waals surface area contributed by atoms with E-state index in [9.17, 15) is 4.79 Å². The number of benzene rings is 1. The van der Waals surface area contributed by atoms with Gasteiger partial charge in [-0.1, -0.05) is 51.1 Å². The van der Waals surface area contributed by atoms with Gasteiger partial charge in [0, 0.05) is 13.1 Å². The molecule has 1 N–H and O–H groups in total. The van der Waals surface area contributed by atoms with Gasteiger partial charge in [0.05, 0.1) is 18.7 Å². The molecule has 0 radical (unpaired) electrons. The summed E-state index contributed by atoms with van der Waals surface area (Å²) >= 11 is 0. The van der Waals surface area contributed by atoms with Crippen molar-refractivity contribution in [3.8, 4) is 0 Å². The number of piperazine rings is 1. The van der Waals surface area contributed by atoms with E-state index < -0.39 is 9.04 Å². The first-order chi connectivity index (χ1) is 10.8. The molecule has 1 aliphatic heterocycles. The van der Waals surface area contributed by atoms with E-state index in [1.54, 1.807) is 0 Å². The lowest BCUT2D eigenvalue weighted by Crippen LogP contribution is -2.61. The highest BCUT2D eigenvalue weighted by Crippen LogP contribution is 2.27. The average molecular weight is 335 g/mol. The van der Waals surface area contributed by atoms with E-state index in [4.69, 9.17) is 4.43 Å². The monoisotopic (exact) mass is 334 g/mol. The van der Waals surface area contributed by atoms with Crippen molar-refractivity contribution < 1.29 is 9.22 Å². The number of rotatable bonds is 5. The Hall–Kier alpha value is -1.17. The Bertz CT molecular complexity index is 514. The smallest absolute Gasteiger partial charge is 0.234 e. The predicted octanol–water partition coefficient (Wildman–Crippen LogP) is 2.40. The number of hydrogen-bond donors (Lipinski definition) is 1. The van der Waals surface area contributed by atoms with Crippen LogP contribution < -0.4 is 5.32 Å². The Kier molecular flexibility index (Phi) is 6.00. The molecule has 0 aliphatic carbocycles. The normalized spacial score (nSPS) is 21.3. The van der Waals surface area contributed by atoms with Crippen molar-refractivity contribution in [2.75, 3.05) is 13.1 Å². The summed E-state index contributed by atoms with van der Waals surface area (Å²) in [7, 11) is -1.18. The van der Waals surface area contributed by atoms with Gasteiger partial charge in [0.15, 0.2) is 9.04 Å². The minimum atomic E-state index is -1.18. The standard InChI is InChI=1S/C18H30N2O2Si/c1-18(2,3)17(22-23(4)5)15-12-20(13-16(21)19-15)11-14-9-7-6-8-10-14/h6-10,15,17,23H,11-13H2,1-5H3,(H,19,21)/t15-,17?/m1/s1. The van der Waals surface area contributed by atoms with Crippen molar-refractivity contribution >= 4 is 14.9 Å². The van der Waals surface area contributed by atoms with Crippen LogP contribution in [-0.2, 0) is 15.8 Å². The lowest BCUT2D eigenvalue weighted by Gasteiger charge is -2.43. The van der Waals surface area contributed by atoms with E-state index in [1.165, 1.54) is 5.56 Å². The number of nitrogens with one attached hydrogen (secondary N) is 1. The van der Waals surface area contributed by atoms with Gasteiger partial charge in [0.25, 0.3) is 0 Å². The molecule has 0 aromatic heterocycles. The number of nitrogens with zero attached hydrogens (tertiary/aromatic N) is 1. The van der Waals surface area contributed by atoms with E-state index in [0.29, 0.717) is 6.54 Å². The third-order valence-corrected chi connectivity index (χ3v) is 4.89. The average Bonchev–Trinajstić information content (AvgIpc) is 2.44. The van der Waals surface area contributed by atoms with Gasteiger partial charge >= 0.3 is 0 Å². The van der Waals surface area contributed by atoms with Crippen LogP contribution in [0.4, 0.5) is 0 Å². The SMILES string of the molecule is C[SiH](C)OC([C@H]1CN(Cc2ccccc2)CC(=O)N1)C(C)(C)C. The van der Waals surface area contributed by atoms with E-state index >= 15 is 0 Å². The number of carbonyl (C=O) groups is 1. The van der Waals surface area contributed by atoms with Gasteiger partial charge in [-0.15, -0.1) is 0 Å². The molecule has 2 rings (SSSR count). The quantitative estimate of drug-likeness (QED) is 0.841. The van der Waals surface area contributed by atoms with Crippen LogP contribution in [0.2, 0.25) is 13.1 Å². The molecule has 1 aromatic carbocycles. The Morgan fingerprint density at radius 1 is 1.30 bits per heavy atom. The first-order valence-corrected chi connectivity index (χ1v) is 11.2. The van der Waals surface area contributed by atoms with Crippen molar-refractivity contribution in [2.24, 2.45) is 5.41 Å². The number of hydrogen-bond acceptors (Lipinski definition) is 3. The zero-order valence-electron chi connectivity index (χ0n) is 15.0. The molecule has 23 heavy (non-hydrogen) atoms. The molecule has 1 aromatic rings. The summed E-state index contributed by atoms with van der Waals surface area (Å²) in [5.41, 5.74) is 1.25.